The van der Waals surface area contributed by atoms with Crippen molar-refractivity contribution in [2.75, 3.05) is 6.61 Å². The number of aromatic nitrogens is 1. The third kappa shape index (κ3) is 3.88. The summed E-state index contributed by atoms with van der Waals surface area (Å²) in [6.07, 6.45) is 4.00. The molecular formula is C21H15BrCl2N2O2. The lowest BCUT2D eigenvalue weighted by atomic mass is 9.96. The van der Waals surface area contributed by atoms with Crippen LogP contribution < -0.4 is 10.1 Å². The molecule has 0 spiro atoms. The fourth-order valence-electron chi connectivity index (χ4n) is 3.23. The molecule has 1 N–H and O–H groups in total. The average molecular weight is 478 g/mol. The number of nitrogens with one attached hydrogen (secondary N) is 1. The third-order valence-corrected chi connectivity index (χ3v) is 5.82. The summed E-state index contributed by atoms with van der Waals surface area (Å²) in [6.45, 7) is 0.664. The molecule has 7 heteroatoms. The Morgan fingerprint density at radius 1 is 1.18 bits per heavy atom. The third-order valence-electron chi connectivity index (χ3n) is 4.61. The van der Waals surface area contributed by atoms with Gasteiger partial charge in [-0.25, -0.2) is 0 Å². The maximum absolute atomic E-state index is 13.0. The molecule has 28 heavy (non-hydrogen) atoms. The molecule has 3 aromatic rings. The van der Waals surface area contributed by atoms with E-state index in [0.717, 1.165) is 28.9 Å². The first kappa shape index (κ1) is 19.2. The summed E-state index contributed by atoms with van der Waals surface area (Å²) >= 11 is 16.1. The zero-order valence-corrected chi connectivity index (χ0v) is 17.7. The van der Waals surface area contributed by atoms with Gasteiger partial charge < -0.3 is 10.1 Å². The smallest absolute Gasteiger partial charge is 0.253 e. The molecule has 0 aliphatic carbocycles. The van der Waals surface area contributed by atoms with Crippen molar-refractivity contribution in [2.24, 2.45) is 0 Å². The number of nitrogens with zero attached hydrogens (tertiary/aromatic N) is 1. The molecule has 4 nitrogen and oxygen atoms in total. The summed E-state index contributed by atoms with van der Waals surface area (Å²) in [5.74, 6) is 0.634. The average Bonchev–Trinajstić information content (AvgIpc) is 3.16. The first-order valence-electron chi connectivity index (χ1n) is 8.64. The van der Waals surface area contributed by atoms with Gasteiger partial charge in [-0.1, -0.05) is 29.3 Å². The highest BCUT2D eigenvalue weighted by atomic mass is 79.9. The fourth-order valence-corrected chi connectivity index (χ4v) is 4.07. The lowest BCUT2D eigenvalue weighted by Gasteiger charge is -2.22. The normalized spacial score (nSPS) is 13.5. The van der Waals surface area contributed by atoms with Crippen molar-refractivity contribution in [3.8, 4) is 5.75 Å². The molecule has 2 heterocycles. The molecule has 0 saturated carbocycles. The van der Waals surface area contributed by atoms with E-state index in [9.17, 15) is 4.79 Å². The van der Waals surface area contributed by atoms with Gasteiger partial charge in [0.15, 0.2) is 0 Å². The van der Waals surface area contributed by atoms with Crippen LogP contribution >= 0.6 is 39.1 Å². The number of pyridine rings is 1. The lowest BCUT2D eigenvalue weighted by molar-refractivity contribution is 0.0942. The van der Waals surface area contributed by atoms with E-state index in [1.807, 2.05) is 18.2 Å². The van der Waals surface area contributed by atoms with Crippen LogP contribution in [0.5, 0.6) is 5.75 Å². The van der Waals surface area contributed by atoms with Gasteiger partial charge in [-0.15, -0.1) is 0 Å². The standard InChI is InChI=1S/C21H15BrCl2N2O2/c22-17-11-25-7-5-15(17)21(27)26-20(16-10-14(23)2-3-18(16)24)13-1-4-19-12(9-13)6-8-28-19/h1-5,7,9-11,20H,6,8H2,(H,26,27). The number of hydrogen-bond acceptors (Lipinski definition) is 3. The van der Waals surface area contributed by atoms with Gasteiger partial charge in [-0.05, 0) is 69.0 Å². The Balaban J connectivity index is 1.77. The summed E-state index contributed by atoms with van der Waals surface area (Å²) in [5, 5.41) is 4.16. The van der Waals surface area contributed by atoms with Crippen LogP contribution in [0.3, 0.4) is 0 Å². The Bertz CT molecular complexity index is 1060. The molecule has 1 aliphatic rings. The van der Waals surface area contributed by atoms with Gasteiger partial charge in [0.1, 0.15) is 5.75 Å². The van der Waals surface area contributed by atoms with Crippen molar-refractivity contribution >= 4 is 45.0 Å². The number of amides is 1. The highest BCUT2D eigenvalue weighted by Gasteiger charge is 2.24. The van der Waals surface area contributed by atoms with Crippen molar-refractivity contribution in [1.29, 1.82) is 0 Å². The molecule has 2 aromatic carbocycles. The minimum atomic E-state index is -0.468. The molecule has 142 valence electrons. The molecule has 1 aliphatic heterocycles. The SMILES string of the molecule is O=C(NC(c1ccc2c(c1)CCO2)c1cc(Cl)ccc1Cl)c1ccncc1Br. The molecule has 0 radical (unpaired) electrons. The van der Waals surface area contributed by atoms with Crippen molar-refractivity contribution in [3.05, 3.63) is 91.6 Å². The lowest BCUT2D eigenvalue weighted by Crippen LogP contribution is -2.30. The number of fused-ring (bicyclic) bond motifs is 1. The minimum Gasteiger partial charge on any atom is -0.493 e. The van der Waals surface area contributed by atoms with E-state index in [1.54, 1.807) is 36.7 Å². The summed E-state index contributed by atoms with van der Waals surface area (Å²) < 4.78 is 6.22. The molecular weight excluding hydrogens is 463 g/mol. The number of ether oxygens (including phenoxy) is 1. The monoisotopic (exact) mass is 476 g/mol. The van der Waals surface area contributed by atoms with Crippen LogP contribution in [0.4, 0.5) is 0 Å². The maximum atomic E-state index is 13.0. The van der Waals surface area contributed by atoms with Crippen molar-refractivity contribution < 1.29 is 9.53 Å². The Kier molecular flexibility index (Phi) is 5.58. The van der Waals surface area contributed by atoms with Crippen LogP contribution in [0.15, 0.2) is 59.3 Å². The molecule has 0 fully saturated rings. The second kappa shape index (κ2) is 8.11. The topological polar surface area (TPSA) is 51.2 Å². The van der Waals surface area contributed by atoms with Crippen molar-refractivity contribution in [3.63, 3.8) is 0 Å². The summed E-state index contributed by atoms with van der Waals surface area (Å²) in [5.41, 5.74) is 3.24. The Labute approximate surface area is 181 Å². The predicted octanol–water partition coefficient (Wildman–Crippen LogP) is 5.61. The zero-order chi connectivity index (χ0) is 19.7. The fraction of sp³-hybridized carbons (Fsp3) is 0.143. The summed E-state index contributed by atoms with van der Waals surface area (Å²) in [6, 6.07) is 12.3. The van der Waals surface area contributed by atoms with Crippen molar-refractivity contribution in [1.82, 2.24) is 10.3 Å². The second-order valence-corrected chi connectivity index (χ2v) is 8.09. The number of hydrogen-bond donors (Lipinski definition) is 1. The highest BCUT2D eigenvalue weighted by molar-refractivity contribution is 9.10. The van der Waals surface area contributed by atoms with Crippen LogP contribution in [-0.2, 0) is 6.42 Å². The van der Waals surface area contributed by atoms with Gasteiger partial charge in [0.2, 0.25) is 0 Å². The highest BCUT2D eigenvalue weighted by Crippen LogP contribution is 2.34. The molecule has 4 rings (SSSR count). The Hall–Kier alpha value is -2.08. The zero-order valence-electron chi connectivity index (χ0n) is 14.6. The predicted molar refractivity (Wildman–Crippen MR) is 113 cm³/mol. The van der Waals surface area contributed by atoms with Gasteiger partial charge >= 0.3 is 0 Å². The summed E-state index contributed by atoms with van der Waals surface area (Å²) in [7, 11) is 0. The van der Waals surface area contributed by atoms with E-state index in [1.165, 1.54) is 0 Å². The Morgan fingerprint density at radius 2 is 2.04 bits per heavy atom. The molecule has 1 unspecified atom stereocenters. The largest absolute Gasteiger partial charge is 0.493 e. The van der Waals surface area contributed by atoms with Gasteiger partial charge in [0.05, 0.1) is 18.2 Å². The number of rotatable bonds is 4. The number of carbonyl (C=O) groups excluding carboxylic acids is 1. The number of benzene rings is 2. The molecule has 0 saturated heterocycles. The van der Waals surface area contributed by atoms with Crippen LogP contribution in [0.25, 0.3) is 0 Å². The van der Waals surface area contributed by atoms with E-state index in [-0.39, 0.29) is 5.91 Å². The quantitative estimate of drug-likeness (QED) is 0.531. The van der Waals surface area contributed by atoms with E-state index in [0.29, 0.717) is 26.7 Å². The van der Waals surface area contributed by atoms with Crippen LogP contribution in [0.2, 0.25) is 10.0 Å². The second-order valence-electron chi connectivity index (χ2n) is 6.39. The number of halogens is 3. The van der Waals surface area contributed by atoms with Gasteiger partial charge in [0, 0.05) is 33.3 Å². The van der Waals surface area contributed by atoms with Gasteiger partial charge in [0.25, 0.3) is 5.91 Å². The minimum absolute atomic E-state index is 0.243. The van der Waals surface area contributed by atoms with Crippen LogP contribution in [0, 0.1) is 0 Å². The van der Waals surface area contributed by atoms with E-state index in [4.69, 9.17) is 27.9 Å². The van der Waals surface area contributed by atoms with E-state index >= 15 is 0 Å². The molecule has 1 amide bonds. The van der Waals surface area contributed by atoms with Crippen molar-refractivity contribution in [2.45, 2.75) is 12.5 Å². The molecule has 1 aromatic heterocycles. The van der Waals surface area contributed by atoms with E-state index in [2.05, 4.69) is 26.2 Å². The van der Waals surface area contributed by atoms with Crippen LogP contribution in [-0.4, -0.2) is 17.5 Å². The first-order valence-corrected chi connectivity index (χ1v) is 10.2. The summed E-state index contributed by atoms with van der Waals surface area (Å²) in [4.78, 5) is 17.0. The van der Waals surface area contributed by atoms with Gasteiger partial charge in [-0.2, -0.15) is 0 Å². The van der Waals surface area contributed by atoms with Gasteiger partial charge in [-0.3, -0.25) is 9.78 Å². The van der Waals surface area contributed by atoms with E-state index < -0.39 is 6.04 Å². The molecule has 1 atom stereocenters. The first-order chi connectivity index (χ1) is 13.5. The Morgan fingerprint density at radius 3 is 2.86 bits per heavy atom. The maximum Gasteiger partial charge on any atom is 0.253 e. The molecule has 0 bridgehead atoms. The number of carbonyl (C=O) groups is 1. The van der Waals surface area contributed by atoms with Crippen LogP contribution in [0.1, 0.15) is 33.1 Å².